The average Bonchev–Trinajstić information content (AvgIpc) is 3.39. The number of carboxylic acid groups (broad SMARTS) is 1. The molecule has 1 heterocycles. The molecule has 2 atom stereocenters. The Morgan fingerprint density at radius 2 is 1.93 bits per heavy atom. The smallest absolute Gasteiger partial charge is 0.307 e. The van der Waals surface area contributed by atoms with Gasteiger partial charge in [-0.1, -0.05) is 30.3 Å². The highest BCUT2D eigenvalue weighted by atomic mass is 32.1. The maximum atomic E-state index is 14.4. The summed E-state index contributed by atoms with van der Waals surface area (Å²) in [6, 6.07) is 11.9. The van der Waals surface area contributed by atoms with Crippen LogP contribution in [-0.4, -0.2) is 16.1 Å². The molecular weight excluding hydrogens is 384 g/mol. The molecule has 0 bridgehead atoms. The fourth-order valence-electron chi connectivity index (χ4n) is 3.29. The zero-order chi connectivity index (χ0) is 19.8. The van der Waals surface area contributed by atoms with Crippen molar-refractivity contribution in [2.45, 2.75) is 25.9 Å². The summed E-state index contributed by atoms with van der Waals surface area (Å²) in [7, 11) is 0. The minimum absolute atomic E-state index is 0.00982. The van der Waals surface area contributed by atoms with Crippen LogP contribution in [0.1, 0.15) is 27.8 Å². The van der Waals surface area contributed by atoms with Crippen LogP contribution in [0.5, 0.6) is 5.75 Å². The molecule has 3 aromatic rings. The quantitative estimate of drug-likeness (QED) is 0.620. The molecule has 1 aromatic heterocycles. The molecule has 1 aliphatic rings. The minimum atomic E-state index is -0.944. The Hall–Kier alpha value is -2.80. The number of carbonyl (C=O) groups is 1. The first-order valence-corrected chi connectivity index (χ1v) is 9.62. The summed E-state index contributed by atoms with van der Waals surface area (Å²) in [5.41, 5.74) is 2.01. The van der Waals surface area contributed by atoms with Gasteiger partial charge in [0.05, 0.1) is 21.5 Å². The summed E-state index contributed by atoms with van der Waals surface area (Å²) < 4.78 is 34.3. The molecule has 0 saturated heterocycles. The lowest BCUT2D eigenvalue weighted by Gasteiger charge is -2.10. The van der Waals surface area contributed by atoms with Crippen molar-refractivity contribution in [1.29, 1.82) is 0 Å². The number of rotatable bonds is 6. The third kappa shape index (κ3) is 3.62. The summed E-state index contributed by atoms with van der Waals surface area (Å²) in [4.78, 5) is 16.3. The van der Waals surface area contributed by atoms with E-state index in [0.717, 1.165) is 21.1 Å². The molecule has 4 nitrogen and oxygen atoms in total. The van der Waals surface area contributed by atoms with Gasteiger partial charge in [-0.2, -0.15) is 0 Å². The lowest BCUT2D eigenvalue weighted by Crippen LogP contribution is -2.02. The van der Waals surface area contributed by atoms with Crippen LogP contribution < -0.4 is 4.74 Å². The van der Waals surface area contributed by atoms with Gasteiger partial charge in [0.25, 0.3) is 0 Å². The molecule has 2 unspecified atom stereocenters. The van der Waals surface area contributed by atoms with E-state index in [1.165, 1.54) is 23.5 Å². The first-order valence-electron chi connectivity index (χ1n) is 8.80. The highest BCUT2D eigenvalue weighted by Gasteiger charge is 2.44. The zero-order valence-corrected chi connectivity index (χ0v) is 15.8. The molecule has 7 heteroatoms. The molecule has 0 radical (unpaired) electrons. The van der Waals surface area contributed by atoms with Crippen molar-refractivity contribution in [2.24, 2.45) is 5.92 Å². The Kier molecular flexibility index (Phi) is 4.85. The molecule has 144 valence electrons. The van der Waals surface area contributed by atoms with Crippen LogP contribution in [0.2, 0.25) is 0 Å². The van der Waals surface area contributed by atoms with E-state index in [0.29, 0.717) is 12.0 Å². The van der Waals surface area contributed by atoms with E-state index in [4.69, 9.17) is 9.84 Å². The van der Waals surface area contributed by atoms with Crippen LogP contribution in [0.3, 0.4) is 0 Å². The number of aromatic nitrogens is 1. The van der Waals surface area contributed by atoms with Crippen molar-refractivity contribution < 1.29 is 23.4 Å². The molecular formula is C21H17F2NO3S. The van der Waals surface area contributed by atoms with Crippen molar-refractivity contribution >= 4 is 17.3 Å². The van der Waals surface area contributed by atoms with Crippen LogP contribution in [0, 0.1) is 24.5 Å². The fraction of sp³-hybridized carbons (Fsp3) is 0.238. The van der Waals surface area contributed by atoms with E-state index in [9.17, 15) is 13.6 Å². The van der Waals surface area contributed by atoms with E-state index in [1.807, 2.05) is 37.3 Å². The summed E-state index contributed by atoms with van der Waals surface area (Å²) >= 11 is 1.42. The Morgan fingerprint density at radius 3 is 2.54 bits per heavy atom. The Balaban J connectivity index is 1.54. The van der Waals surface area contributed by atoms with Gasteiger partial charge in [0.15, 0.2) is 17.4 Å². The topological polar surface area (TPSA) is 59.4 Å². The van der Waals surface area contributed by atoms with Crippen molar-refractivity contribution in [3.05, 3.63) is 69.5 Å². The maximum absolute atomic E-state index is 14.4. The van der Waals surface area contributed by atoms with Gasteiger partial charge in [-0.15, -0.1) is 11.3 Å². The van der Waals surface area contributed by atoms with E-state index in [1.54, 1.807) is 0 Å². The number of aliphatic carboxylic acids is 1. The summed E-state index contributed by atoms with van der Waals surface area (Å²) in [6.07, 6.45) is 0.398. The van der Waals surface area contributed by atoms with Gasteiger partial charge in [0, 0.05) is 5.56 Å². The Bertz CT molecular complexity index is 1010. The van der Waals surface area contributed by atoms with Crippen molar-refractivity contribution in [1.82, 2.24) is 4.98 Å². The van der Waals surface area contributed by atoms with Crippen molar-refractivity contribution in [3.63, 3.8) is 0 Å². The number of carboxylic acids is 1. The van der Waals surface area contributed by atoms with E-state index in [2.05, 4.69) is 4.98 Å². The first kappa shape index (κ1) is 18.6. The van der Waals surface area contributed by atoms with E-state index in [-0.39, 0.29) is 12.5 Å². The van der Waals surface area contributed by atoms with Crippen LogP contribution in [0.15, 0.2) is 42.5 Å². The monoisotopic (exact) mass is 401 g/mol. The third-order valence-corrected chi connectivity index (χ3v) is 5.70. The SMILES string of the molecule is Cc1nc(-c2ccccc2)c(COc2c(F)cc(C3CC3C(=O)O)cc2F)s1. The summed E-state index contributed by atoms with van der Waals surface area (Å²) in [6.45, 7) is 1.86. The molecule has 0 amide bonds. The van der Waals surface area contributed by atoms with Gasteiger partial charge in [-0.05, 0) is 37.0 Å². The lowest BCUT2D eigenvalue weighted by atomic mass is 10.1. The van der Waals surface area contributed by atoms with Crippen molar-refractivity contribution in [3.8, 4) is 17.0 Å². The fourth-order valence-corrected chi connectivity index (χ4v) is 4.17. The molecule has 0 spiro atoms. The molecule has 1 N–H and O–H groups in total. The number of benzene rings is 2. The zero-order valence-electron chi connectivity index (χ0n) is 15.0. The number of hydrogen-bond acceptors (Lipinski definition) is 4. The number of nitrogens with zero attached hydrogens (tertiary/aromatic N) is 1. The highest BCUT2D eigenvalue weighted by molar-refractivity contribution is 7.12. The second kappa shape index (κ2) is 7.31. The molecule has 0 aliphatic heterocycles. The number of ether oxygens (including phenoxy) is 1. The van der Waals surface area contributed by atoms with Gasteiger partial charge < -0.3 is 9.84 Å². The lowest BCUT2D eigenvalue weighted by molar-refractivity contribution is -0.138. The molecule has 1 fully saturated rings. The van der Waals surface area contributed by atoms with Crippen LogP contribution >= 0.6 is 11.3 Å². The second-order valence-electron chi connectivity index (χ2n) is 6.76. The Labute approximate surface area is 164 Å². The average molecular weight is 401 g/mol. The normalized spacial score (nSPS) is 18.1. The molecule has 4 rings (SSSR count). The third-order valence-electron chi connectivity index (χ3n) is 4.76. The van der Waals surface area contributed by atoms with Gasteiger partial charge in [0.2, 0.25) is 0 Å². The van der Waals surface area contributed by atoms with Gasteiger partial charge in [-0.25, -0.2) is 13.8 Å². The predicted octanol–water partition coefficient (Wildman–Crippen LogP) is 5.16. The Morgan fingerprint density at radius 1 is 1.25 bits per heavy atom. The standard InChI is InChI=1S/C21H17F2NO3S/c1-11-24-19(12-5-3-2-4-6-12)18(28-11)10-27-20-16(22)7-13(8-17(20)23)14-9-15(14)21(25)26/h2-8,14-15H,9-10H2,1H3,(H,25,26). The van der Waals surface area contributed by atoms with Gasteiger partial charge in [0.1, 0.15) is 6.61 Å². The van der Waals surface area contributed by atoms with Crippen LogP contribution in [-0.2, 0) is 11.4 Å². The second-order valence-corrected chi connectivity index (χ2v) is 8.05. The number of thiazole rings is 1. The van der Waals surface area contributed by atoms with Crippen LogP contribution in [0.4, 0.5) is 8.78 Å². The summed E-state index contributed by atoms with van der Waals surface area (Å²) in [5.74, 6) is -3.97. The molecule has 1 saturated carbocycles. The molecule has 2 aromatic carbocycles. The molecule has 1 aliphatic carbocycles. The molecule has 28 heavy (non-hydrogen) atoms. The van der Waals surface area contributed by atoms with Crippen LogP contribution in [0.25, 0.3) is 11.3 Å². The van der Waals surface area contributed by atoms with Gasteiger partial charge >= 0.3 is 5.97 Å². The van der Waals surface area contributed by atoms with Gasteiger partial charge in [-0.3, -0.25) is 4.79 Å². The van der Waals surface area contributed by atoms with E-state index < -0.39 is 29.3 Å². The summed E-state index contributed by atoms with van der Waals surface area (Å²) in [5, 5.41) is 9.83. The van der Waals surface area contributed by atoms with E-state index >= 15 is 0 Å². The highest BCUT2D eigenvalue weighted by Crippen LogP contribution is 2.48. The van der Waals surface area contributed by atoms with Crippen molar-refractivity contribution in [2.75, 3.05) is 0 Å². The predicted molar refractivity (Wildman–Crippen MR) is 101 cm³/mol. The minimum Gasteiger partial charge on any atom is -0.482 e. The maximum Gasteiger partial charge on any atom is 0.307 e. The largest absolute Gasteiger partial charge is 0.482 e. The number of aryl methyl sites for hydroxylation is 1. The number of hydrogen-bond donors (Lipinski definition) is 1. The first-order chi connectivity index (χ1) is 13.4. The number of halogens is 2.